The van der Waals surface area contributed by atoms with Crippen LogP contribution in [0.1, 0.15) is 33.6 Å². The van der Waals surface area contributed by atoms with Crippen LogP contribution in [0.4, 0.5) is 11.4 Å². The fraction of sp³-hybridized carbons (Fsp3) is 0.391. The zero-order chi connectivity index (χ0) is 20.2. The lowest BCUT2D eigenvalue weighted by molar-refractivity contribution is 0.0664. The number of rotatable bonds is 4. The molecule has 152 valence electrons. The molecule has 0 bridgehead atoms. The molecule has 0 atom stereocenters. The third-order valence-electron chi connectivity index (χ3n) is 5.78. The van der Waals surface area contributed by atoms with Gasteiger partial charge < -0.3 is 20.0 Å². The predicted molar refractivity (Wildman–Crippen MR) is 116 cm³/mol. The van der Waals surface area contributed by atoms with Crippen molar-refractivity contribution >= 4 is 23.2 Å². The number of nitrogens with one attached hydrogen (secondary N) is 1. The molecule has 6 nitrogen and oxygen atoms in total. The Bertz CT molecular complexity index is 849. The zero-order valence-corrected chi connectivity index (χ0v) is 16.9. The summed E-state index contributed by atoms with van der Waals surface area (Å²) in [6.45, 7) is 5.47. The highest BCUT2D eigenvalue weighted by atomic mass is 16.2. The standard InChI is InChI=1S/C23H28N4O2/c1-25-14-16-27(17-15-25)23(29)19-6-4-18(5-7-19)22(28)24-20-8-10-21(11-9-20)26-12-2-3-13-26/h4-11H,2-3,12-17H2,1H3,(H,24,28). The van der Waals surface area contributed by atoms with E-state index in [-0.39, 0.29) is 11.8 Å². The fourth-order valence-corrected chi connectivity index (χ4v) is 3.89. The summed E-state index contributed by atoms with van der Waals surface area (Å²) in [6, 6.07) is 14.9. The van der Waals surface area contributed by atoms with Crippen LogP contribution in [0.25, 0.3) is 0 Å². The molecule has 1 N–H and O–H groups in total. The van der Waals surface area contributed by atoms with Crippen molar-refractivity contribution in [2.75, 3.05) is 56.5 Å². The van der Waals surface area contributed by atoms with Crippen LogP contribution < -0.4 is 10.2 Å². The average Bonchev–Trinajstić information content (AvgIpc) is 3.29. The van der Waals surface area contributed by atoms with Gasteiger partial charge in [0, 0.05) is 61.8 Å². The molecule has 2 heterocycles. The molecule has 2 saturated heterocycles. The highest BCUT2D eigenvalue weighted by Crippen LogP contribution is 2.22. The Morgan fingerprint density at radius 1 is 0.759 bits per heavy atom. The Kier molecular flexibility index (Phi) is 5.81. The minimum absolute atomic E-state index is 0.0301. The third-order valence-corrected chi connectivity index (χ3v) is 5.78. The summed E-state index contributed by atoms with van der Waals surface area (Å²) in [7, 11) is 2.06. The summed E-state index contributed by atoms with van der Waals surface area (Å²) in [6.07, 6.45) is 2.48. The van der Waals surface area contributed by atoms with Crippen molar-refractivity contribution in [3.63, 3.8) is 0 Å². The summed E-state index contributed by atoms with van der Waals surface area (Å²) in [5, 5.41) is 2.93. The van der Waals surface area contributed by atoms with Crippen molar-refractivity contribution in [1.29, 1.82) is 0 Å². The van der Waals surface area contributed by atoms with Gasteiger partial charge in [-0.2, -0.15) is 0 Å². The number of anilines is 2. The van der Waals surface area contributed by atoms with Crippen LogP contribution in [0.15, 0.2) is 48.5 Å². The van der Waals surface area contributed by atoms with Gasteiger partial charge in [0.1, 0.15) is 0 Å². The maximum absolute atomic E-state index is 12.6. The minimum atomic E-state index is -0.169. The predicted octanol–water partition coefficient (Wildman–Crippen LogP) is 2.93. The van der Waals surface area contributed by atoms with Crippen LogP contribution in [-0.4, -0.2) is 67.9 Å². The smallest absolute Gasteiger partial charge is 0.255 e. The SMILES string of the molecule is CN1CCN(C(=O)c2ccc(C(=O)Nc3ccc(N4CCCC4)cc3)cc2)CC1. The molecular formula is C23H28N4O2. The van der Waals surface area contributed by atoms with Crippen LogP contribution in [0, 0.1) is 0 Å². The molecule has 0 aliphatic carbocycles. The number of likely N-dealkylation sites (N-methyl/N-ethyl adjacent to an activating group) is 1. The van der Waals surface area contributed by atoms with Gasteiger partial charge in [0.25, 0.3) is 11.8 Å². The fourth-order valence-electron chi connectivity index (χ4n) is 3.89. The quantitative estimate of drug-likeness (QED) is 0.869. The molecule has 0 spiro atoms. The molecule has 29 heavy (non-hydrogen) atoms. The van der Waals surface area contributed by atoms with E-state index in [1.54, 1.807) is 24.3 Å². The molecule has 6 heteroatoms. The van der Waals surface area contributed by atoms with Gasteiger partial charge in [-0.3, -0.25) is 9.59 Å². The van der Waals surface area contributed by atoms with Gasteiger partial charge in [0.05, 0.1) is 0 Å². The van der Waals surface area contributed by atoms with E-state index >= 15 is 0 Å². The Labute approximate surface area is 172 Å². The molecule has 4 rings (SSSR count). The van der Waals surface area contributed by atoms with Crippen LogP contribution in [0.2, 0.25) is 0 Å². The molecule has 0 unspecified atom stereocenters. The molecule has 2 aromatic carbocycles. The summed E-state index contributed by atoms with van der Waals surface area (Å²) < 4.78 is 0. The van der Waals surface area contributed by atoms with Crippen molar-refractivity contribution in [2.24, 2.45) is 0 Å². The Hall–Kier alpha value is -2.86. The van der Waals surface area contributed by atoms with E-state index in [1.165, 1.54) is 18.5 Å². The Balaban J connectivity index is 1.36. The second kappa shape index (κ2) is 8.66. The first-order chi connectivity index (χ1) is 14.1. The maximum Gasteiger partial charge on any atom is 0.255 e. The molecule has 2 aromatic rings. The van der Waals surface area contributed by atoms with Gasteiger partial charge in [-0.05, 0) is 68.4 Å². The molecule has 2 fully saturated rings. The number of carbonyl (C=O) groups excluding carboxylic acids is 2. The second-order valence-electron chi connectivity index (χ2n) is 7.87. The van der Waals surface area contributed by atoms with Gasteiger partial charge in [-0.25, -0.2) is 0 Å². The number of carbonyl (C=O) groups is 2. The second-order valence-corrected chi connectivity index (χ2v) is 7.87. The van der Waals surface area contributed by atoms with Crippen LogP contribution in [0.5, 0.6) is 0 Å². The van der Waals surface area contributed by atoms with Crippen LogP contribution in [-0.2, 0) is 0 Å². The van der Waals surface area contributed by atoms with Gasteiger partial charge in [-0.1, -0.05) is 0 Å². The maximum atomic E-state index is 12.6. The Morgan fingerprint density at radius 3 is 1.97 bits per heavy atom. The molecule has 2 aliphatic rings. The van der Waals surface area contributed by atoms with Crippen molar-refractivity contribution in [3.05, 3.63) is 59.7 Å². The van der Waals surface area contributed by atoms with Crippen LogP contribution >= 0.6 is 0 Å². The molecular weight excluding hydrogens is 364 g/mol. The third kappa shape index (κ3) is 4.59. The van der Waals surface area contributed by atoms with Gasteiger partial charge >= 0.3 is 0 Å². The highest BCUT2D eigenvalue weighted by molar-refractivity contribution is 6.05. The first kappa shape index (κ1) is 19.5. The van der Waals surface area contributed by atoms with E-state index in [9.17, 15) is 9.59 Å². The van der Waals surface area contributed by atoms with Crippen LogP contribution in [0.3, 0.4) is 0 Å². The van der Waals surface area contributed by atoms with Gasteiger partial charge in [0.2, 0.25) is 0 Å². The largest absolute Gasteiger partial charge is 0.372 e. The van der Waals surface area contributed by atoms with Gasteiger partial charge in [0.15, 0.2) is 0 Å². The van der Waals surface area contributed by atoms with Crippen molar-refractivity contribution in [2.45, 2.75) is 12.8 Å². The topological polar surface area (TPSA) is 55.9 Å². The molecule has 2 amide bonds. The van der Waals surface area contributed by atoms with Crippen molar-refractivity contribution < 1.29 is 9.59 Å². The summed E-state index contributed by atoms with van der Waals surface area (Å²) >= 11 is 0. The van der Waals surface area contributed by atoms with E-state index in [1.807, 2.05) is 17.0 Å². The van der Waals surface area contributed by atoms with Crippen molar-refractivity contribution in [3.8, 4) is 0 Å². The number of nitrogens with zero attached hydrogens (tertiary/aromatic N) is 3. The Morgan fingerprint density at radius 2 is 1.34 bits per heavy atom. The number of hydrogen-bond donors (Lipinski definition) is 1. The molecule has 0 aromatic heterocycles. The minimum Gasteiger partial charge on any atom is -0.372 e. The number of piperazine rings is 1. The van der Waals surface area contributed by atoms with E-state index in [4.69, 9.17) is 0 Å². The van der Waals surface area contributed by atoms with Crippen molar-refractivity contribution in [1.82, 2.24) is 9.80 Å². The number of benzene rings is 2. The first-order valence-electron chi connectivity index (χ1n) is 10.3. The zero-order valence-electron chi connectivity index (χ0n) is 16.9. The number of hydrogen-bond acceptors (Lipinski definition) is 4. The first-order valence-corrected chi connectivity index (χ1v) is 10.3. The number of amides is 2. The van der Waals surface area contributed by atoms with E-state index in [2.05, 4.69) is 34.3 Å². The van der Waals surface area contributed by atoms with E-state index in [0.717, 1.165) is 45.0 Å². The lowest BCUT2D eigenvalue weighted by Gasteiger charge is -2.32. The lowest BCUT2D eigenvalue weighted by Crippen LogP contribution is -2.47. The van der Waals surface area contributed by atoms with E-state index < -0.39 is 0 Å². The molecule has 0 saturated carbocycles. The van der Waals surface area contributed by atoms with E-state index in [0.29, 0.717) is 11.1 Å². The molecule has 2 aliphatic heterocycles. The lowest BCUT2D eigenvalue weighted by atomic mass is 10.1. The average molecular weight is 393 g/mol. The molecule has 0 radical (unpaired) electrons. The monoisotopic (exact) mass is 392 g/mol. The summed E-state index contributed by atoms with van der Waals surface area (Å²) in [5.41, 5.74) is 3.15. The summed E-state index contributed by atoms with van der Waals surface area (Å²) in [4.78, 5) is 31.6. The highest BCUT2D eigenvalue weighted by Gasteiger charge is 2.20. The normalized spacial score (nSPS) is 17.4. The van der Waals surface area contributed by atoms with Gasteiger partial charge in [-0.15, -0.1) is 0 Å². The summed E-state index contributed by atoms with van der Waals surface area (Å²) in [5.74, 6) is -0.139.